The molecule has 2 aliphatic carbocycles. The van der Waals surface area contributed by atoms with E-state index in [1.807, 2.05) is 50.2 Å². The predicted octanol–water partition coefficient (Wildman–Crippen LogP) is 5.75. The normalized spacial score (nSPS) is 26.0. The number of ether oxygens (including phenoxy) is 2. The number of non-ortho nitro benzene ring substituents is 1. The minimum absolute atomic E-state index is 0.0191. The van der Waals surface area contributed by atoms with Crippen molar-refractivity contribution in [3.63, 3.8) is 0 Å². The molecule has 4 aliphatic rings. The highest BCUT2D eigenvalue weighted by molar-refractivity contribution is 8.00. The Labute approximate surface area is 294 Å². The number of nitro groups is 1. The molecule has 8 rings (SSSR count). The van der Waals surface area contributed by atoms with E-state index in [2.05, 4.69) is 10.3 Å². The van der Waals surface area contributed by atoms with Crippen molar-refractivity contribution < 1.29 is 28.8 Å². The van der Waals surface area contributed by atoms with Gasteiger partial charge < -0.3 is 19.8 Å². The van der Waals surface area contributed by atoms with Crippen molar-refractivity contribution in [3.8, 4) is 11.5 Å². The summed E-state index contributed by atoms with van der Waals surface area (Å²) in [6.45, 7) is 3.94. The largest absolute Gasteiger partial charge is 0.490 e. The molecule has 0 spiro atoms. The highest BCUT2D eigenvalue weighted by Gasteiger charge is 2.69. The van der Waals surface area contributed by atoms with Crippen LogP contribution in [0.15, 0.2) is 76.6 Å². The molecule has 7 atom stereocenters. The fourth-order valence-electron chi connectivity index (χ4n) is 8.54. The number of carbonyl (C=O) groups is 3. The van der Waals surface area contributed by atoms with Gasteiger partial charge in [-0.05, 0) is 85.5 Å². The zero-order chi connectivity index (χ0) is 34.8. The zero-order valence-electron chi connectivity index (χ0n) is 27.0. The Morgan fingerprint density at radius 3 is 2.48 bits per heavy atom. The second-order valence-corrected chi connectivity index (χ2v) is 15.3. The monoisotopic (exact) mass is 712 g/mol. The number of carbonyl (C=O) groups excluding carboxylic acids is 3. The Balaban J connectivity index is 1.09. The molecule has 2 N–H and O–H groups in total. The van der Waals surface area contributed by atoms with Gasteiger partial charge in [-0.1, -0.05) is 29.5 Å². The number of aromatic nitrogens is 1. The first-order chi connectivity index (χ1) is 24.1. The number of hydrogen-bond acceptors (Lipinski definition) is 10. The number of aromatic amines is 1. The van der Waals surface area contributed by atoms with Gasteiger partial charge >= 0.3 is 4.87 Å². The summed E-state index contributed by atoms with van der Waals surface area (Å²) in [5, 5.41) is 14.8. The molecule has 14 heteroatoms. The van der Waals surface area contributed by atoms with Crippen LogP contribution in [-0.4, -0.2) is 46.1 Å². The van der Waals surface area contributed by atoms with Gasteiger partial charge in [0.15, 0.2) is 18.1 Å². The molecule has 1 aromatic heterocycles. The molecule has 2 bridgehead atoms. The summed E-state index contributed by atoms with van der Waals surface area (Å²) in [4.78, 5) is 69.1. The van der Waals surface area contributed by atoms with Crippen molar-refractivity contribution in [2.24, 2.45) is 29.6 Å². The number of imide groups is 1. The van der Waals surface area contributed by atoms with Crippen LogP contribution in [-0.2, 0) is 14.4 Å². The lowest BCUT2D eigenvalue weighted by molar-refractivity contribution is -0.384. The van der Waals surface area contributed by atoms with Gasteiger partial charge in [0.1, 0.15) is 0 Å². The fraction of sp³-hybridized carbons (Fsp3) is 0.333. The number of benzene rings is 3. The molecule has 0 radical (unpaired) electrons. The summed E-state index contributed by atoms with van der Waals surface area (Å²) in [7, 11) is 0. The van der Waals surface area contributed by atoms with E-state index in [1.165, 1.54) is 29.2 Å². The summed E-state index contributed by atoms with van der Waals surface area (Å²) in [6, 6.07) is 18.6. The van der Waals surface area contributed by atoms with Crippen molar-refractivity contribution in [1.82, 2.24) is 4.98 Å². The molecule has 256 valence electrons. The molecular weight excluding hydrogens is 681 g/mol. The van der Waals surface area contributed by atoms with E-state index in [4.69, 9.17) is 9.47 Å². The first-order valence-electron chi connectivity index (χ1n) is 16.4. The van der Waals surface area contributed by atoms with Crippen LogP contribution < -0.4 is 24.6 Å². The molecule has 12 nitrogen and oxygen atoms in total. The van der Waals surface area contributed by atoms with E-state index in [0.29, 0.717) is 35.9 Å². The molecule has 3 heterocycles. The number of hydrogen-bond donors (Lipinski definition) is 2. The van der Waals surface area contributed by atoms with Crippen molar-refractivity contribution in [2.45, 2.75) is 36.5 Å². The van der Waals surface area contributed by atoms with Crippen LogP contribution in [0.3, 0.4) is 0 Å². The number of aryl methyl sites for hydroxylation is 1. The van der Waals surface area contributed by atoms with Gasteiger partial charge in [-0.2, -0.15) is 0 Å². The Morgan fingerprint density at radius 2 is 1.76 bits per heavy atom. The van der Waals surface area contributed by atoms with Crippen LogP contribution in [0.1, 0.15) is 35.3 Å². The number of amides is 3. The molecule has 3 fully saturated rings. The van der Waals surface area contributed by atoms with Crippen LogP contribution in [0, 0.1) is 46.6 Å². The highest BCUT2D eigenvalue weighted by atomic mass is 32.2. The summed E-state index contributed by atoms with van der Waals surface area (Å²) >= 11 is 2.75. The Hall–Kier alpha value is -4.95. The number of anilines is 2. The van der Waals surface area contributed by atoms with E-state index >= 15 is 0 Å². The topological polar surface area (TPSA) is 161 Å². The zero-order valence-corrected chi connectivity index (χ0v) is 28.6. The van der Waals surface area contributed by atoms with E-state index in [1.54, 1.807) is 17.8 Å². The van der Waals surface area contributed by atoms with Crippen molar-refractivity contribution in [3.05, 3.63) is 103 Å². The third-order valence-corrected chi connectivity index (χ3v) is 12.9. The lowest BCUT2D eigenvalue weighted by atomic mass is 9.68. The second-order valence-electron chi connectivity index (χ2n) is 13.1. The van der Waals surface area contributed by atoms with Gasteiger partial charge in [-0.15, -0.1) is 11.8 Å². The molecule has 3 amide bonds. The molecule has 6 unspecified atom stereocenters. The number of nitrogens with zero attached hydrogens (tertiary/aromatic N) is 2. The van der Waals surface area contributed by atoms with Crippen LogP contribution >= 0.6 is 23.1 Å². The standard InChI is InChI=1S/C36H32N4O8S2/c1-3-47-25-14-18(7-12-24(25)48-16-26(41)37-19-6-4-5-17(2)13-19)27-28-22-15-23(31(28)49-33-32(27)50-36(44)38-33)30-29(22)34(42)39(35(30)43)20-8-10-21(11-9-20)40(45)46/h4-14,22-23,27-31H,3,15-16H2,1-2H3,(H,37,41)(H,38,44)/t22?,23?,27-,28?,29?,30?,31?/m1/s1. The Kier molecular flexibility index (Phi) is 8.02. The lowest BCUT2D eigenvalue weighted by Gasteiger charge is -2.43. The average molecular weight is 713 g/mol. The minimum Gasteiger partial charge on any atom is -0.490 e. The number of fused-ring (bicyclic) bond motifs is 9. The molecule has 2 saturated carbocycles. The Bertz CT molecular complexity index is 2110. The fourth-order valence-corrected chi connectivity index (χ4v) is 11.4. The highest BCUT2D eigenvalue weighted by Crippen LogP contribution is 2.68. The predicted molar refractivity (Wildman–Crippen MR) is 187 cm³/mol. The first kappa shape index (κ1) is 32.3. The van der Waals surface area contributed by atoms with Gasteiger partial charge in [0.25, 0.3) is 11.6 Å². The molecule has 3 aromatic carbocycles. The molecule has 50 heavy (non-hydrogen) atoms. The summed E-state index contributed by atoms with van der Waals surface area (Å²) < 4.78 is 12.0. The van der Waals surface area contributed by atoms with Gasteiger partial charge in [-0.25, -0.2) is 0 Å². The number of thioether (sulfide) groups is 1. The molecular formula is C36H32N4O8S2. The second kappa shape index (κ2) is 12.4. The van der Waals surface area contributed by atoms with Crippen molar-refractivity contribution in [2.75, 3.05) is 23.4 Å². The molecule has 4 aromatic rings. The van der Waals surface area contributed by atoms with E-state index in [9.17, 15) is 29.3 Å². The molecule has 2 aliphatic heterocycles. The number of rotatable bonds is 9. The van der Waals surface area contributed by atoms with Crippen molar-refractivity contribution >= 4 is 57.9 Å². The number of nitrogens with one attached hydrogen (secondary N) is 2. The van der Waals surface area contributed by atoms with Crippen LogP contribution in [0.5, 0.6) is 11.5 Å². The minimum atomic E-state index is -0.523. The number of H-pyrrole nitrogens is 1. The van der Waals surface area contributed by atoms with Gasteiger partial charge in [-0.3, -0.25) is 34.2 Å². The van der Waals surface area contributed by atoms with Crippen LogP contribution in [0.2, 0.25) is 0 Å². The summed E-state index contributed by atoms with van der Waals surface area (Å²) in [6.07, 6.45) is 0.717. The van der Waals surface area contributed by atoms with E-state index < -0.39 is 16.8 Å². The maximum Gasteiger partial charge on any atom is 0.305 e. The third-order valence-electron chi connectivity index (χ3n) is 10.3. The van der Waals surface area contributed by atoms with Crippen LogP contribution in [0.25, 0.3) is 0 Å². The quantitative estimate of drug-likeness (QED) is 0.125. The molecule has 1 saturated heterocycles. The Morgan fingerprint density at radius 1 is 1.00 bits per heavy atom. The average Bonchev–Trinajstić information content (AvgIpc) is 3.83. The van der Waals surface area contributed by atoms with Crippen LogP contribution in [0.4, 0.5) is 17.1 Å². The number of nitro benzene ring substituents is 1. The van der Waals surface area contributed by atoms with Gasteiger partial charge in [0.05, 0.1) is 34.1 Å². The smallest absolute Gasteiger partial charge is 0.305 e. The van der Waals surface area contributed by atoms with E-state index in [0.717, 1.165) is 32.4 Å². The summed E-state index contributed by atoms with van der Waals surface area (Å²) in [5.41, 5.74) is 2.81. The number of thiazole rings is 1. The van der Waals surface area contributed by atoms with E-state index in [-0.39, 0.29) is 63.8 Å². The third kappa shape index (κ3) is 5.28. The maximum absolute atomic E-state index is 14.1. The lowest BCUT2D eigenvalue weighted by Crippen LogP contribution is -2.42. The van der Waals surface area contributed by atoms with Gasteiger partial charge in [0, 0.05) is 33.9 Å². The van der Waals surface area contributed by atoms with Crippen molar-refractivity contribution in [1.29, 1.82) is 0 Å². The van der Waals surface area contributed by atoms with Gasteiger partial charge in [0.2, 0.25) is 11.8 Å². The first-order valence-corrected chi connectivity index (χ1v) is 18.1. The maximum atomic E-state index is 14.1. The summed E-state index contributed by atoms with van der Waals surface area (Å²) in [5.74, 6) is -1.50. The SMILES string of the molecule is CCOc1cc([C@H]2c3sc(=O)[nH]c3SC3C4CC(C5C(=O)N(c6ccc([N+](=O)[O-])cc6)C(=O)C45)C32)ccc1OCC(=O)Nc1cccc(C)c1.